The molecule has 228 valence electrons. The fraction of sp³-hybridized carbons (Fsp3) is 0.536. The van der Waals surface area contributed by atoms with Crippen LogP contribution in [0.5, 0.6) is 5.75 Å². The number of halogens is 4. The SMILES string of the molecule is C[C@@]1(c2ccc(OCCCCCC(F)(F)F)cc2F)CC(c2ccn(C3CC3)n2)=C(C(=O)NS(=O)(=O)C2CC2)C(=O)N1. The van der Waals surface area contributed by atoms with E-state index in [1.165, 1.54) is 12.1 Å². The zero-order valence-electron chi connectivity index (χ0n) is 23.0. The smallest absolute Gasteiger partial charge is 0.389 e. The summed E-state index contributed by atoms with van der Waals surface area (Å²) in [6.45, 7) is 1.71. The third-order valence-electron chi connectivity index (χ3n) is 7.62. The molecule has 0 bridgehead atoms. The lowest BCUT2D eigenvalue weighted by molar-refractivity contribution is -0.135. The Morgan fingerprint density at radius 1 is 1.17 bits per heavy atom. The molecule has 1 aliphatic heterocycles. The van der Waals surface area contributed by atoms with Gasteiger partial charge in [0.2, 0.25) is 10.0 Å². The Hall–Kier alpha value is -3.42. The van der Waals surface area contributed by atoms with Gasteiger partial charge in [-0.25, -0.2) is 17.5 Å². The van der Waals surface area contributed by atoms with Crippen molar-refractivity contribution in [3.05, 3.63) is 53.1 Å². The van der Waals surface area contributed by atoms with Crippen molar-refractivity contribution in [2.24, 2.45) is 0 Å². The highest BCUT2D eigenvalue weighted by Crippen LogP contribution is 2.41. The van der Waals surface area contributed by atoms with E-state index in [1.54, 1.807) is 23.9 Å². The molecule has 5 rings (SSSR count). The number of carbonyl (C=O) groups excluding carboxylic acids is 2. The van der Waals surface area contributed by atoms with Gasteiger partial charge in [0.25, 0.3) is 11.8 Å². The minimum Gasteiger partial charge on any atom is -0.493 e. The summed E-state index contributed by atoms with van der Waals surface area (Å²) in [5.74, 6) is -2.43. The second kappa shape index (κ2) is 11.3. The van der Waals surface area contributed by atoms with Crippen LogP contribution in [-0.4, -0.2) is 48.0 Å². The number of sulfonamides is 1. The monoisotopic (exact) mass is 612 g/mol. The molecular weight excluding hydrogens is 580 g/mol. The van der Waals surface area contributed by atoms with E-state index in [2.05, 4.69) is 10.4 Å². The Balaban J connectivity index is 1.36. The first-order valence-corrected chi connectivity index (χ1v) is 15.5. The number of benzene rings is 1. The number of amides is 2. The summed E-state index contributed by atoms with van der Waals surface area (Å²) in [6.07, 6.45) is 0.0377. The summed E-state index contributed by atoms with van der Waals surface area (Å²) >= 11 is 0. The van der Waals surface area contributed by atoms with Crippen LogP contribution >= 0.6 is 0 Å². The van der Waals surface area contributed by atoms with Crippen LogP contribution in [0.4, 0.5) is 17.6 Å². The maximum absolute atomic E-state index is 15.4. The normalized spacial score (nSPS) is 21.3. The molecule has 2 fully saturated rings. The van der Waals surface area contributed by atoms with Crippen molar-refractivity contribution in [3.63, 3.8) is 0 Å². The van der Waals surface area contributed by atoms with Crippen molar-refractivity contribution < 1.29 is 40.3 Å². The average Bonchev–Trinajstić information content (AvgIpc) is 3.82. The minimum absolute atomic E-state index is 0.0144. The van der Waals surface area contributed by atoms with Crippen LogP contribution in [-0.2, 0) is 25.2 Å². The van der Waals surface area contributed by atoms with Gasteiger partial charge in [-0.3, -0.25) is 14.3 Å². The number of carbonyl (C=O) groups is 2. The van der Waals surface area contributed by atoms with E-state index in [9.17, 15) is 31.2 Å². The van der Waals surface area contributed by atoms with E-state index >= 15 is 4.39 Å². The van der Waals surface area contributed by atoms with Gasteiger partial charge in [-0.15, -0.1) is 0 Å². The van der Waals surface area contributed by atoms with Crippen molar-refractivity contribution in [1.29, 1.82) is 0 Å². The summed E-state index contributed by atoms with van der Waals surface area (Å²) in [5.41, 5.74) is -1.08. The van der Waals surface area contributed by atoms with Crippen LogP contribution in [0.25, 0.3) is 5.57 Å². The minimum atomic E-state index is -4.20. The van der Waals surface area contributed by atoms with Crippen molar-refractivity contribution >= 4 is 27.4 Å². The zero-order valence-corrected chi connectivity index (χ0v) is 23.8. The van der Waals surface area contributed by atoms with Crippen LogP contribution in [0.15, 0.2) is 36.0 Å². The third-order valence-corrected chi connectivity index (χ3v) is 9.44. The molecule has 2 heterocycles. The van der Waals surface area contributed by atoms with E-state index in [0.29, 0.717) is 31.4 Å². The molecule has 2 aliphatic carbocycles. The topological polar surface area (TPSA) is 119 Å². The number of nitrogens with one attached hydrogen (secondary N) is 2. The van der Waals surface area contributed by atoms with Crippen molar-refractivity contribution in [1.82, 2.24) is 19.8 Å². The second-order valence-electron chi connectivity index (χ2n) is 11.3. The maximum atomic E-state index is 15.4. The van der Waals surface area contributed by atoms with E-state index < -0.39 is 51.0 Å². The second-order valence-corrected chi connectivity index (χ2v) is 13.3. The van der Waals surface area contributed by atoms with Gasteiger partial charge in [0, 0.05) is 36.2 Å². The van der Waals surface area contributed by atoms with Crippen molar-refractivity contribution in [3.8, 4) is 5.75 Å². The van der Waals surface area contributed by atoms with Crippen LogP contribution in [0, 0.1) is 5.82 Å². The van der Waals surface area contributed by atoms with Crippen LogP contribution in [0.2, 0.25) is 0 Å². The average molecular weight is 613 g/mol. The number of nitrogens with zero attached hydrogens (tertiary/aromatic N) is 2. The lowest BCUT2D eigenvalue weighted by Crippen LogP contribution is -2.51. The third kappa shape index (κ3) is 6.96. The molecular formula is C28H32F4N4O5S. The number of unbranched alkanes of at least 4 members (excludes halogenated alkanes) is 2. The van der Waals surface area contributed by atoms with Gasteiger partial charge in [0.05, 0.1) is 29.1 Å². The lowest BCUT2D eigenvalue weighted by atomic mass is 9.79. The molecule has 9 nitrogen and oxygen atoms in total. The van der Waals surface area contributed by atoms with Gasteiger partial charge < -0.3 is 10.1 Å². The van der Waals surface area contributed by atoms with Crippen LogP contribution < -0.4 is 14.8 Å². The molecule has 1 aromatic heterocycles. The van der Waals surface area contributed by atoms with E-state index in [-0.39, 0.29) is 47.9 Å². The highest BCUT2D eigenvalue weighted by Gasteiger charge is 2.44. The summed E-state index contributed by atoms with van der Waals surface area (Å²) < 4.78 is 86.5. The molecule has 2 N–H and O–H groups in total. The predicted molar refractivity (Wildman–Crippen MR) is 144 cm³/mol. The van der Waals surface area contributed by atoms with Gasteiger partial charge in [0.15, 0.2) is 0 Å². The number of hydrogen-bond acceptors (Lipinski definition) is 6. The number of hydrogen-bond donors (Lipinski definition) is 2. The quantitative estimate of drug-likeness (QED) is 0.205. The summed E-state index contributed by atoms with van der Waals surface area (Å²) in [4.78, 5) is 26.6. The number of aromatic nitrogens is 2. The fourth-order valence-electron chi connectivity index (χ4n) is 5.07. The Labute approximate surface area is 240 Å². The Morgan fingerprint density at radius 2 is 1.90 bits per heavy atom. The largest absolute Gasteiger partial charge is 0.493 e. The van der Waals surface area contributed by atoms with Gasteiger partial charge in [-0.2, -0.15) is 18.3 Å². The van der Waals surface area contributed by atoms with Crippen LogP contribution in [0.3, 0.4) is 0 Å². The molecule has 1 atom stereocenters. The maximum Gasteiger partial charge on any atom is 0.389 e. The highest BCUT2D eigenvalue weighted by molar-refractivity contribution is 7.91. The van der Waals surface area contributed by atoms with Gasteiger partial charge in [-0.05, 0) is 64.0 Å². The highest BCUT2D eigenvalue weighted by atomic mass is 32.2. The van der Waals surface area contributed by atoms with E-state index in [0.717, 1.165) is 18.9 Å². The standard InChI is InChI=1S/C28H32F4N4O5S/c1-27(21-10-7-18(15-22(21)29)41-14-4-2-3-12-28(30,31)32)16-20(23-11-13-36(34-23)17-5-6-17)24(25(37)33-27)26(38)35-42(39,40)19-8-9-19/h7,10-11,13,15,17,19H,2-6,8-9,12,14,16H2,1H3,(H,33,37)(H,35,38)/t27-/m0/s1. The molecule has 1 aromatic carbocycles. The fourth-order valence-corrected chi connectivity index (χ4v) is 6.35. The van der Waals surface area contributed by atoms with E-state index in [4.69, 9.17) is 4.74 Å². The molecule has 2 aromatic rings. The Bertz CT molecular complexity index is 1510. The number of rotatable bonds is 12. The summed E-state index contributed by atoms with van der Waals surface area (Å²) in [5, 5.41) is 6.56. The number of alkyl halides is 3. The molecule has 0 saturated heterocycles. The lowest BCUT2D eigenvalue weighted by Gasteiger charge is -2.37. The first kappa shape index (κ1) is 30.1. The Morgan fingerprint density at radius 3 is 2.55 bits per heavy atom. The van der Waals surface area contributed by atoms with Gasteiger partial charge in [-0.1, -0.05) is 6.07 Å². The van der Waals surface area contributed by atoms with Gasteiger partial charge >= 0.3 is 6.18 Å². The molecule has 0 unspecified atom stereocenters. The molecule has 2 saturated carbocycles. The molecule has 42 heavy (non-hydrogen) atoms. The number of ether oxygens (including phenoxy) is 1. The first-order valence-electron chi connectivity index (χ1n) is 13.9. The predicted octanol–water partition coefficient (Wildman–Crippen LogP) is 4.66. The van der Waals surface area contributed by atoms with E-state index in [1.807, 2.05) is 4.72 Å². The first-order chi connectivity index (χ1) is 19.8. The van der Waals surface area contributed by atoms with Crippen molar-refractivity contribution in [2.75, 3.05) is 6.61 Å². The molecule has 3 aliphatic rings. The molecule has 0 radical (unpaired) electrons. The molecule has 2 amide bonds. The molecule has 14 heteroatoms. The summed E-state index contributed by atoms with van der Waals surface area (Å²) in [6, 6.07) is 5.94. The Kier molecular flexibility index (Phi) is 8.12. The molecule has 0 spiro atoms. The van der Waals surface area contributed by atoms with Crippen LogP contribution in [0.1, 0.15) is 82.0 Å². The van der Waals surface area contributed by atoms with Gasteiger partial charge in [0.1, 0.15) is 17.1 Å². The summed E-state index contributed by atoms with van der Waals surface area (Å²) in [7, 11) is -3.94. The van der Waals surface area contributed by atoms with Crippen molar-refractivity contribution in [2.45, 2.75) is 87.7 Å². The zero-order chi connectivity index (χ0) is 30.3.